The summed E-state index contributed by atoms with van der Waals surface area (Å²) in [7, 11) is 0. The fraction of sp³-hybridized carbons (Fsp3) is 0.167. The lowest BCUT2D eigenvalue weighted by atomic mass is 10.0. The predicted molar refractivity (Wildman–Crippen MR) is 64.4 cm³/mol. The van der Waals surface area contributed by atoms with Gasteiger partial charge < -0.3 is 10.8 Å². The average Bonchev–Trinajstić information content (AvgIpc) is 2.69. The molecule has 0 amide bonds. The van der Waals surface area contributed by atoms with Gasteiger partial charge in [0.05, 0.1) is 6.42 Å². The summed E-state index contributed by atoms with van der Waals surface area (Å²) in [6, 6.07) is 6.17. The van der Waals surface area contributed by atoms with Gasteiger partial charge in [-0.1, -0.05) is 18.2 Å². The van der Waals surface area contributed by atoms with Crippen LogP contribution in [0.4, 0.5) is 10.2 Å². The van der Waals surface area contributed by atoms with Gasteiger partial charge in [0, 0.05) is 23.2 Å². The van der Waals surface area contributed by atoms with E-state index in [9.17, 15) is 9.18 Å². The molecule has 0 fully saturated rings. The van der Waals surface area contributed by atoms with Crippen molar-refractivity contribution in [3.05, 3.63) is 35.8 Å². The SMILES string of the molecule is Nc1n[nH]c(CCC(=O)O)c1-c1ccccc1F. The summed E-state index contributed by atoms with van der Waals surface area (Å²) in [4.78, 5) is 10.6. The first kappa shape index (κ1) is 12.1. The van der Waals surface area contributed by atoms with Gasteiger partial charge in [-0.2, -0.15) is 5.10 Å². The van der Waals surface area contributed by atoms with Crippen LogP contribution in [-0.4, -0.2) is 21.3 Å². The zero-order valence-corrected chi connectivity index (χ0v) is 9.48. The van der Waals surface area contributed by atoms with Crippen molar-refractivity contribution >= 4 is 11.8 Å². The topological polar surface area (TPSA) is 92.0 Å². The first-order valence-electron chi connectivity index (χ1n) is 5.39. The standard InChI is InChI=1S/C12H12FN3O2/c13-8-4-2-1-3-7(8)11-9(5-6-10(17)18)15-16-12(11)14/h1-4H,5-6H2,(H,17,18)(H3,14,15,16). The number of benzene rings is 1. The fourth-order valence-corrected chi connectivity index (χ4v) is 1.77. The summed E-state index contributed by atoms with van der Waals surface area (Å²) >= 11 is 0. The second-order valence-corrected chi connectivity index (χ2v) is 3.84. The maximum Gasteiger partial charge on any atom is 0.303 e. The van der Waals surface area contributed by atoms with Crippen LogP contribution in [0.3, 0.4) is 0 Å². The van der Waals surface area contributed by atoms with E-state index in [2.05, 4.69) is 10.2 Å². The number of aromatic nitrogens is 2. The van der Waals surface area contributed by atoms with Crippen molar-refractivity contribution in [1.29, 1.82) is 0 Å². The van der Waals surface area contributed by atoms with Crippen LogP contribution in [0.2, 0.25) is 0 Å². The zero-order chi connectivity index (χ0) is 13.1. The van der Waals surface area contributed by atoms with Crippen LogP contribution >= 0.6 is 0 Å². The molecule has 0 saturated heterocycles. The second-order valence-electron chi connectivity index (χ2n) is 3.84. The van der Waals surface area contributed by atoms with Crippen LogP contribution < -0.4 is 5.73 Å². The number of aliphatic carboxylic acids is 1. The third-order valence-electron chi connectivity index (χ3n) is 2.60. The van der Waals surface area contributed by atoms with Crippen molar-refractivity contribution in [3.8, 4) is 11.1 Å². The minimum atomic E-state index is -0.928. The average molecular weight is 249 g/mol. The highest BCUT2D eigenvalue weighted by Gasteiger charge is 2.16. The number of anilines is 1. The van der Waals surface area contributed by atoms with Crippen molar-refractivity contribution in [2.24, 2.45) is 0 Å². The maximum absolute atomic E-state index is 13.7. The minimum Gasteiger partial charge on any atom is -0.481 e. The molecule has 2 aromatic rings. The first-order valence-corrected chi connectivity index (χ1v) is 5.39. The molecule has 1 aromatic carbocycles. The number of carbonyl (C=O) groups is 1. The van der Waals surface area contributed by atoms with E-state index in [0.29, 0.717) is 16.8 Å². The van der Waals surface area contributed by atoms with Crippen molar-refractivity contribution in [3.63, 3.8) is 0 Å². The summed E-state index contributed by atoms with van der Waals surface area (Å²) in [5.41, 5.74) is 6.98. The van der Waals surface area contributed by atoms with Crippen molar-refractivity contribution in [2.45, 2.75) is 12.8 Å². The van der Waals surface area contributed by atoms with Gasteiger partial charge in [-0.05, 0) is 6.07 Å². The van der Waals surface area contributed by atoms with E-state index in [1.165, 1.54) is 6.07 Å². The molecular weight excluding hydrogens is 237 g/mol. The van der Waals surface area contributed by atoms with E-state index in [4.69, 9.17) is 10.8 Å². The van der Waals surface area contributed by atoms with E-state index < -0.39 is 11.8 Å². The Hall–Kier alpha value is -2.37. The van der Waals surface area contributed by atoms with Crippen LogP contribution in [0.1, 0.15) is 12.1 Å². The summed E-state index contributed by atoms with van der Waals surface area (Å²) < 4.78 is 13.7. The molecule has 6 heteroatoms. The number of hydrogen-bond acceptors (Lipinski definition) is 3. The van der Waals surface area contributed by atoms with Gasteiger partial charge in [0.2, 0.25) is 0 Å². The first-order chi connectivity index (χ1) is 8.59. The molecule has 0 aliphatic rings. The Balaban J connectivity index is 2.41. The molecule has 0 aliphatic carbocycles. The Kier molecular flexibility index (Phi) is 3.27. The Morgan fingerprint density at radius 1 is 1.44 bits per heavy atom. The van der Waals surface area contributed by atoms with Gasteiger partial charge in [-0.25, -0.2) is 4.39 Å². The normalized spacial score (nSPS) is 10.5. The van der Waals surface area contributed by atoms with Crippen molar-refractivity contribution in [2.75, 3.05) is 5.73 Å². The number of nitrogens with two attached hydrogens (primary N) is 1. The lowest BCUT2D eigenvalue weighted by Gasteiger charge is -2.04. The number of nitrogen functional groups attached to an aromatic ring is 1. The smallest absolute Gasteiger partial charge is 0.303 e. The largest absolute Gasteiger partial charge is 0.481 e. The van der Waals surface area contributed by atoms with Crippen LogP contribution in [0.15, 0.2) is 24.3 Å². The number of aromatic amines is 1. The van der Waals surface area contributed by atoms with E-state index in [1.807, 2.05) is 0 Å². The van der Waals surface area contributed by atoms with E-state index in [1.54, 1.807) is 18.2 Å². The molecule has 5 nitrogen and oxygen atoms in total. The number of hydrogen-bond donors (Lipinski definition) is 3. The van der Waals surface area contributed by atoms with Crippen molar-refractivity contribution < 1.29 is 14.3 Å². The molecule has 2 rings (SSSR count). The summed E-state index contributed by atoms with van der Waals surface area (Å²) in [5.74, 6) is -1.18. The minimum absolute atomic E-state index is 0.0664. The molecule has 0 unspecified atom stereocenters. The van der Waals surface area contributed by atoms with Crippen molar-refractivity contribution in [1.82, 2.24) is 10.2 Å². The highest BCUT2D eigenvalue weighted by Crippen LogP contribution is 2.30. The number of carboxylic acid groups (broad SMARTS) is 1. The van der Waals surface area contributed by atoms with Crippen LogP contribution in [0.25, 0.3) is 11.1 Å². The van der Waals surface area contributed by atoms with Crippen LogP contribution in [0.5, 0.6) is 0 Å². The Morgan fingerprint density at radius 2 is 2.17 bits per heavy atom. The summed E-state index contributed by atoms with van der Waals surface area (Å²) in [6.45, 7) is 0. The molecule has 0 spiro atoms. The number of nitrogens with zero attached hydrogens (tertiary/aromatic N) is 1. The number of aryl methyl sites for hydroxylation is 1. The molecule has 0 bridgehead atoms. The van der Waals surface area contributed by atoms with E-state index in [0.717, 1.165) is 0 Å². The number of nitrogens with one attached hydrogen (secondary N) is 1. The molecule has 0 aliphatic heterocycles. The second kappa shape index (κ2) is 4.87. The highest BCUT2D eigenvalue weighted by molar-refractivity contribution is 5.77. The quantitative estimate of drug-likeness (QED) is 0.770. The third-order valence-corrected chi connectivity index (χ3v) is 2.60. The fourth-order valence-electron chi connectivity index (χ4n) is 1.77. The Morgan fingerprint density at radius 3 is 2.83 bits per heavy atom. The lowest BCUT2D eigenvalue weighted by Crippen LogP contribution is -1.99. The Labute approximate surface area is 102 Å². The van der Waals surface area contributed by atoms with E-state index in [-0.39, 0.29) is 18.7 Å². The van der Waals surface area contributed by atoms with Gasteiger partial charge in [0.1, 0.15) is 5.82 Å². The number of rotatable bonds is 4. The number of H-pyrrole nitrogens is 1. The summed E-state index contributed by atoms with van der Waals surface area (Å²) in [5, 5.41) is 15.1. The molecule has 0 radical (unpaired) electrons. The Bertz CT molecular complexity index is 580. The molecule has 1 aromatic heterocycles. The third kappa shape index (κ3) is 2.32. The van der Waals surface area contributed by atoms with Gasteiger partial charge in [0.15, 0.2) is 5.82 Å². The summed E-state index contributed by atoms with van der Waals surface area (Å²) in [6.07, 6.45) is 0.159. The lowest BCUT2D eigenvalue weighted by molar-refractivity contribution is -0.136. The van der Waals surface area contributed by atoms with Gasteiger partial charge in [0.25, 0.3) is 0 Å². The predicted octanol–water partition coefficient (Wildman–Crippen LogP) is 1.82. The number of halogens is 1. The molecular formula is C12H12FN3O2. The molecule has 0 atom stereocenters. The van der Waals surface area contributed by atoms with Gasteiger partial charge in [-0.15, -0.1) is 0 Å². The number of carboxylic acids is 1. The van der Waals surface area contributed by atoms with Gasteiger partial charge in [-0.3, -0.25) is 9.89 Å². The van der Waals surface area contributed by atoms with Gasteiger partial charge >= 0.3 is 5.97 Å². The van der Waals surface area contributed by atoms with E-state index >= 15 is 0 Å². The zero-order valence-electron chi connectivity index (χ0n) is 9.48. The maximum atomic E-state index is 13.7. The monoisotopic (exact) mass is 249 g/mol. The molecule has 94 valence electrons. The van der Waals surface area contributed by atoms with Crippen LogP contribution in [0, 0.1) is 5.82 Å². The highest BCUT2D eigenvalue weighted by atomic mass is 19.1. The van der Waals surface area contributed by atoms with Crippen LogP contribution in [-0.2, 0) is 11.2 Å². The molecule has 1 heterocycles. The molecule has 18 heavy (non-hydrogen) atoms. The molecule has 4 N–H and O–H groups in total. The molecule has 0 saturated carbocycles.